The Morgan fingerprint density at radius 3 is 2.65 bits per heavy atom. The Hall–Kier alpha value is -1.75. The third-order valence-electron chi connectivity index (χ3n) is 5.19. The molecule has 146 valence electrons. The number of nitrogens with one attached hydrogen (secondary N) is 2. The van der Waals surface area contributed by atoms with Crippen LogP contribution in [0, 0.1) is 12.8 Å². The number of nitrogens with zero attached hydrogens (tertiary/aromatic N) is 2. The van der Waals surface area contributed by atoms with Crippen LogP contribution in [0.2, 0.25) is 0 Å². The Bertz CT molecular complexity index is 565. The lowest BCUT2D eigenvalue weighted by molar-refractivity contribution is 0.187. The summed E-state index contributed by atoms with van der Waals surface area (Å²) in [5, 5.41) is 6.87. The molecule has 0 aliphatic carbocycles. The van der Waals surface area contributed by atoms with E-state index in [1.165, 1.54) is 44.5 Å². The van der Waals surface area contributed by atoms with Crippen molar-refractivity contribution in [2.45, 2.75) is 46.6 Å². The van der Waals surface area contributed by atoms with Gasteiger partial charge in [-0.2, -0.15) is 0 Å². The minimum absolute atomic E-state index is 0.681. The summed E-state index contributed by atoms with van der Waals surface area (Å²) in [6.07, 6.45) is 3.86. The number of rotatable bonds is 8. The molecular formula is C21H36N4O. The summed E-state index contributed by atoms with van der Waals surface area (Å²) in [5.74, 6) is 2.65. The summed E-state index contributed by atoms with van der Waals surface area (Å²) in [6, 6.07) is 6.35. The van der Waals surface area contributed by atoms with Crippen molar-refractivity contribution >= 4 is 5.96 Å². The molecule has 26 heavy (non-hydrogen) atoms. The van der Waals surface area contributed by atoms with E-state index in [2.05, 4.69) is 52.6 Å². The summed E-state index contributed by atoms with van der Waals surface area (Å²) in [5.41, 5.74) is 2.38. The average molecular weight is 361 g/mol. The maximum absolute atomic E-state index is 5.76. The number of aryl methyl sites for hydroxylation is 1. The number of hydrogen-bond acceptors (Lipinski definition) is 3. The van der Waals surface area contributed by atoms with Gasteiger partial charge in [0, 0.05) is 25.7 Å². The van der Waals surface area contributed by atoms with Gasteiger partial charge in [-0.25, -0.2) is 0 Å². The highest BCUT2D eigenvalue weighted by molar-refractivity contribution is 5.79. The van der Waals surface area contributed by atoms with Crippen LogP contribution in [0.1, 0.15) is 44.2 Å². The van der Waals surface area contributed by atoms with Gasteiger partial charge in [0.2, 0.25) is 0 Å². The smallest absolute Gasteiger partial charge is 0.191 e. The van der Waals surface area contributed by atoms with Gasteiger partial charge >= 0.3 is 0 Å². The van der Waals surface area contributed by atoms with E-state index < -0.39 is 0 Å². The van der Waals surface area contributed by atoms with E-state index in [9.17, 15) is 0 Å². The number of benzene rings is 1. The largest absolute Gasteiger partial charge is 0.494 e. The summed E-state index contributed by atoms with van der Waals surface area (Å²) < 4.78 is 5.76. The van der Waals surface area contributed by atoms with Gasteiger partial charge in [0.15, 0.2) is 5.96 Å². The monoisotopic (exact) mass is 360 g/mol. The predicted octanol–water partition coefficient (Wildman–Crippen LogP) is 3.18. The third-order valence-corrected chi connectivity index (χ3v) is 5.19. The molecule has 1 aliphatic heterocycles. The molecule has 1 aliphatic rings. The van der Waals surface area contributed by atoms with Crippen LogP contribution < -0.4 is 15.4 Å². The fraction of sp³-hybridized carbons (Fsp3) is 0.667. The Morgan fingerprint density at radius 1 is 1.23 bits per heavy atom. The molecule has 1 saturated heterocycles. The van der Waals surface area contributed by atoms with Gasteiger partial charge < -0.3 is 20.3 Å². The number of hydrogen-bond donors (Lipinski definition) is 2. The van der Waals surface area contributed by atoms with Gasteiger partial charge in [-0.05, 0) is 70.3 Å². The summed E-state index contributed by atoms with van der Waals surface area (Å²) in [7, 11) is 1.83. The van der Waals surface area contributed by atoms with E-state index in [0.29, 0.717) is 13.2 Å². The van der Waals surface area contributed by atoms with Crippen LogP contribution in [0.4, 0.5) is 0 Å². The van der Waals surface area contributed by atoms with E-state index in [0.717, 1.165) is 29.7 Å². The standard InChI is InChI=1S/C21H36N4O/c1-5-25-13-10-18(11-14-25)9-12-23-21(22-4)24-16-19-8-7-17(3)15-20(19)26-6-2/h7-8,15,18H,5-6,9-14,16H2,1-4H3,(H2,22,23,24). The number of piperidine rings is 1. The summed E-state index contributed by atoms with van der Waals surface area (Å²) >= 11 is 0. The molecule has 0 amide bonds. The number of aliphatic imine (C=N–C) groups is 1. The fourth-order valence-electron chi connectivity index (χ4n) is 3.48. The second kappa shape index (κ2) is 11.1. The number of ether oxygens (including phenoxy) is 1. The van der Waals surface area contributed by atoms with Crippen LogP contribution in [-0.4, -0.2) is 50.7 Å². The highest BCUT2D eigenvalue weighted by atomic mass is 16.5. The molecule has 1 aromatic rings. The SMILES string of the molecule is CCOc1cc(C)ccc1CNC(=NC)NCCC1CCN(CC)CC1. The fourth-order valence-corrected chi connectivity index (χ4v) is 3.48. The van der Waals surface area contributed by atoms with Gasteiger partial charge in [0.25, 0.3) is 0 Å². The van der Waals surface area contributed by atoms with Crippen molar-refractivity contribution in [3.63, 3.8) is 0 Å². The number of guanidine groups is 1. The van der Waals surface area contributed by atoms with Crippen molar-refractivity contribution in [2.75, 3.05) is 39.8 Å². The molecule has 0 radical (unpaired) electrons. The Kier molecular flexibility index (Phi) is 8.75. The van der Waals surface area contributed by atoms with Crippen molar-refractivity contribution in [3.05, 3.63) is 29.3 Å². The molecule has 1 aromatic carbocycles. The van der Waals surface area contributed by atoms with E-state index in [1.807, 2.05) is 14.0 Å². The Morgan fingerprint density at radius 2 is 2.00 bits per heavy atom. The lowest BCUT2D eigenvalue weighted by Gasteiger charge is -2.31. The molecule has 2 N–H and O–H groups in total. The number of likely N-dealkylation sites (tertiary alicyclic amines) is 1. The van der Waals surface area contributed by atoms with Gasteiger partial charge in [-0.15, -0.1) is 0 Å². The molecular weight excluding hydrogens is 324 g/mol. The first-order valence-electron chi connectivity index (χ1n) is 10.0. The highest BCUT2D eigenvalue weighted by Gasteiger charge is 2.17. The molecule has 5 heteroatoms. The van der Waals surface area contributed by atoms with Crippen molar-refractivity contribution in [2.24, 2.45) is 10.9 Å². The molecule has 0 unspecified atom stereocenters. The molecule has 0 aromatic heterocycles. The van der Waals surface area contributed by atoms with Crippen LogP contribution in [-0.2, 0) is 6.54 Å². The third kappa shape index (κ3) is 6.52. The molecule has 0 atom stereocenters. The van der Waals surface area contributed by atoms with Crippen molar-refractivity contribution in [1.29, 1.82) is 0 Å². The highest BCUT2D eigenvalue weighted by Crippen LogP contribution is 2.21. The minimum Gasteiger partial charge on any atom is -0.494 e. The Labute approximate surface area is 159 Å². The van der Waals surface area contributed by atoms with Crippen LogP contribution in [0.3, 0.4) is 0 Å². The van der Waals surface area contributed by atoms with Gasteiger partial charge in [0.1, 0.15) is 5.75 Å². The van der Waals surface area contributed by atoms with Crippen molar-refractivity contribution in [3.8, 4) is 5.75 Å². The lowest BCUT2D eigenvalue weighted by atomic mass is 9.93. The Balaban J connectivity index is 1.74. The van der Waals surface area contributed by atoms with Crippen LogP contribution in [0.15, 0.2) is 23.2 Å². The molecule has 0 saturated carbocycles. The predicted molar refractivity (Wildman–Crippen MR) is 110 cm³/mol. The normalized spacial score (nSPS) is 16.5. The van der Waals surface area contributed by atoms with Crippen LogP contribution in [0.5, 0.6) is 5.75 Å². The maximum atomic E-state index is 5.76. The zero-order chi connectivity index (χ0) is 18.8. The summed E-state index contributed by atoms with van der Waals surface area (Å²) in [4.78, 5) is 6.89. The lowest BCUT2D eigenvalue weighted by Crippen LogP contribution is -2.39. The average Bonchev–Trinajstić information content (AvgIpc) is 2.66. The van der Waals surface area contributed by atoms with Gasteiger partial charge in [-0.3, -0.25) is 4.99 Å². The van der Waals surface area contributed by atoms with E-state index in [1.54, 1.807) is 0 Å². The maximum Gasteiger partial charge on any atom is 0.191 e. The second-order valence-electron chi connectivity index (χ2n) is 7.06. The first-order chi connectivity index (χ1) is 12.7. The van der Waals surface area contributed by atoms with Crippen molar-refractivity contribution in [1.82, 2.24) is 15.5 Å². The van der Waals surface area contributed by atoms with E-state index in [-0.39, 0.29) is 0 Å². The van der Waals surface area contributed by atoms with Gasteiger partial charge in [0.05, 0.1) is 6.61 Å². The minimum atomic E-state index is 0.681. The molecule has 5 nitrogen and oxygen atoms in total. The summed E-state index contributed by atoms with van der Waals surface area (Å²) in [6.45, 7) is 12.4. The van der Waals surface area contributed by atoms with E-state index >= 15 is 0 Å². The molecule has 1 fully saturated rings. The molecule has 1 heterocycles. The second-order valence-corrected chi connectivity index (χ2v) is 7.06. The molecule has 2 rings (SSSR count). The van der Waals surface area contributed by atoms with Crippen LogP contribution >= 0.6 is 0 Å². The quantitative estimate of drug-likeness (QED) is 0.552. The molecule has 0 bridgehead atoms. The topological polar surface area (TPSA) is 48.9 Å². The first-order valence-corrected chi connectivity index (χ1v) is 10.0. The van der Waals surface area contributed by atoms with Gasteiger partial charge in [-0.1, -0.05) is 19.1 Å². The first kappa shape index (κ1) is 20.6. The molecule has 0 spiro atoms. The zero-order valence-electron chi connectivity index (χ0n) is 17.0. The zero-order valence-corrected chi connectivity index (χ0v) is 17.0. The van der Waals surface area contributed by atoms with Crippen molar-refractivity contribution < 1.29 is 4.74 Å². The van der Waals surface area contributed by atoms with Crippen LogP contribution in [0.25, 0.3) is 0 Å². The van der Waals surface area contributed by atoms with E-state index in [4.69, 9.17) is 4.74 Å².